The zero-order valence-corrected chi connectivity index (χ0v) is 11.5. The number of halogens is 1. The second kappa shape index (κ2) is 5.08. The molecule has 18 heavy (non-hydrogen) atoms. The third kappa shape index (κ3) is 2.26. The van der Waals surface area contributed by atoms with Gasteiger partial charge in [-0.25, -0.2) is 4.39 Å². The lowest BCUT2D eigenvalue weighted by atomic mass is 9.98. The number of ether oxygens (including phenoxy) is 1. The maximum Gasteiger partial charge on any atom is 0.134 e. The Hall–Kier alpha value is -1.39. The number of nitrogens with two attached hydrogens (primary N) is 1. The number of rotatable bonds is 3. The van der Waals surface area contributed by atoms with Gasteiger partial charge in [-0.2, -0.15) is 0 Å². The van der Waals surface area contributed by atoms with Gasteiger partial charge in [-0.3, -0.25) is 0 Å². The van der Waals surface area contributed by atoms with Crippen molar-refractivity contribution >= 4 is 11.3 Å². The molecule has 2 nitrogen and oxygen atoms in total. The first-order valence-corrected chi connectivity index (χ1v) is 6.56. The number of hydrogen-bond acceptors (Lipinski definition) is 3. The van der Waals surface area contributed by atoms with Crippen molar-refractivity contribution in [2.45, 2.75) is 19.9 Å². The monoisotopic (exact) mass is 265 g/mol. The summed E-state index contributed by atoms with van der Waals surface area (Å²) in [5, 5.41) is 1.90. The SMILES string of the molecule is COc1ccsc1C(N)c1c(C)cc(C)cc1F. The first-order chi connectivity index (χ1) is 8.54. The number of benzene rings is 1. The van der Waals surface area contributed by atoms with E-state index in [-0.39, 0.29) is 5.82 Å². The lowest BCUT2D eigenvalue weighted by Gasteiger charge is -2.16. The highest BCUT2D eigenvalue weighted by Gasteiger charge is 2.21. The molecule has 1 aromatic heterocycles. The molecule has 0 radical (unpaired) electrons. The van der Waals surface area contributed by atoms with E-state index < -0.39 is 6.04 Å². The van der Waals surface area contributed by atoms with Crippen LogP contribution in [0.5, 0.6) is 5.75 Å². The Bertz CT molecular complexity index is 542. The van der Waals surface area contributed by atoms with Gasteiger partial charge >= 0.3 is 0 Å². The summed E-state index contributed by atoms with van der Waals surface area (Å²) in [6, 6.07) is 4.82. The van der Waals surface area contributed by atoms with Crippen molar-refractivity contribution in [1.29, 1.82) is 0 Å². The van der Waals surface area contributed by atoms with E-state index in [9.17, 15) is 4.39 Å². The fourth-order valence-electron chi connectivity index (χ4n) is 2.16. The predicted octanol–water partition coefficient (Wildman–Crippen LogP) is 3.56. The summed E-state index contributed by atoms with van der Waals surface area (Å²) in [4.78, 5) is 0.850. The molecule has 1 aromatic carbocycles. The van der Waals surface area contributed by atoms with Crippen LogP contribution >= 0.6 is 11.3 Å². The Kier molecular flexibility index (Phi) is 3.68. The van der Waals surface area contributed by atoms with Crippen molar-refractivity contribution in [3.63, 3.8) is 0 Å². The molecule has 0 aliphatic rings. The Morgan fingerprint density at radius 2 is 2.06 bits per heavy atom. The van der Waals surface area contributed by atoms with Gasteiger partial charge in [0.15, 0.2) is 0 Å². The summed E-state index contributed by atoms with van der Waals surface area (Å²) in [6.45, 7) is 3.75. The quantitative estimate of drug-likeness (QED) is 0.921. The van der Waals surface area contributed by atoms with Crippen molar-refractivity contribution in [2.24, 2.45) is 5.73 Å². The fourth-order valence-corrected chi connectivity index (χ4v) is 3.03. The third-order valence-electron chi connectivity index (χ3n) is 2.95. The number of methoxy groups -OCH3 is 1. The minimum Gasteiger partial charge on any atom is -0.496 e. The molecule has 4 heteroatoms. The summed E-state index contributed by atoms with van der Waals surface area (Å²) in [5.41, 5.74) is 8.49. The molecule has 1 atom stereocenters. The van der Waals surface area contributed by atoms with Crippen LogP contribution in [0.15, 0.2) is 23.6 Å². The van der Waals surface area contributed by atoms with Crippen LogP contribution in [0.4, 0.5) is 4.39 Å². The van der Waals surface area contributed by atoms with Crippen molar-refractivity contribution < 1.29 is 9.13 Å². The zero-order chi connectivity index (χ0) is 13.3. The van der Waals surface area contributed by atoms with Crippen LogP contribution in [0.3, 0.4) is 0 Å². The summed E-state index contributed by atoms with van der Waals surface area (Å²) < 4.78 is 19.3. The van der Waals surface area contributed by atoms with Crippen LogP contribution in [0.1, 0.15) is 27.6 Å². The van der Waals surface area contributed by atoms with E-state index in [0.29, 0.717) is 11.3 Å². The summed E-state index contributed by atoms with van der Waals surface area (Å²) in [6.07, 6.45) is 0. The molecule has 0 saturated heterocycles. The van der Waals surface area contributed by atoms with Gasteiger partial charge in [0.25, 0.3) is 0 Å². The highest BCUT2D eigenvalue weighted by molar-refractivity contribution is 7.10. The average molecular weight is 265 g/mol. The van der Waals surface area contributed by atoms with E-state index in [2.05, 4.69) is 0 Å². The largest absolute Gasteiger partial charge is 0.496 e. The fraction of sp³-hybridized carbons (Fsp3) is 0.286. The second-order valence-electron chi connectivity index (χ2n) is 4.31. The van der Waals surface area contributed by atoms with E-state index >= 15 is 0 Å². The summed E-state index contributed by atoms with van der Waals surface area (Å²) >= 11 is 1.48. The van der Waals surface area contributed by atoms with Gasteiger partial charge in [0.05, 0.1) is 18.0 Å². The highest BCUT2D eigenvalue weighted by atomic mass is 32.1. The van der Waals surface area contributed by atoms with E-state index in [4.69, 9.17) is 10.5 Å². The van der Waals surface area contributed by atoms with Gasteiger partial charge < -0.3 is 10.5 Å². The Morgan fingerprint density at radius 3 is 2.67 bits per heavy atom. The molecule has 2 rings (SSSR count). The summed E-state index contributed by atoms with van der Waals surface area (Å²) in [7, 11) is 1.59. The normalized spacial score (nSPS) is 12.5. The molecule has 2 N–H and O–H groups in total. The molecule has 0 spiro atoms. The first-order valence-electron chi connectivity index (χ1n) is 5.68. The lowest BCUT2D eigenvalue weighted by Crippen LogP contribution is -2.15. The van der Waals surface area contributed by atoms with Crippen molar-refractivity contribution in [3.8, 4) is 5.75 Å². The van der Waals surface area contributed by atoms with Gasteiger partial charge in [0.1, 0.15) is 11.6 Å². The van der Waals surface area contributed by atoms with Crippen LogP contribution in [0, 0.1) is 19.7 Å². The van der Waals surface area contributed by atoms with Crippen LogP contribution in [0.2, 0.25) is 0 Å². The molecular weight excluding hydrogens is 249 g/mol. The van der Waals surface area contributed by atoms with E-state index in [0.717, 1.165) is 16.0 Å². The van der Waals surface area contributed by atoms with Gasteiger partial charge in [-0.1, -0.05) is 6.07 Å². The van der Waals surface area contributed by atoms with Crippen molar-refractivity contribution in [2.75, 3.05) is 7.11 Å². The maximum absolute atomic E-state index is 14.1. The summed E-state index contributed by atoms with van der Waals surface area (Å²) in [5.74, 6) is 0.460. The molecule has 1 unspecified atom stereocenters. The van der Waals surface area contributed by atoms with Gasteiger partial charge in [-0.05, 0) is 42.5 Å². The molecule has 0 bridgehead atoms. The minimum atomic E-state index is -0.486. The zero-order valence-electron chi connectivity index (χ0n) is 10.7. The highest BCUT2D eigenvalue weighted by Crippen LogP contribution is 2.35. The van der Waals surface area contributed by atoms with Crippen molar-refractivity contribution in [1.82, 2.24) is 0 Å². The van der Waals surface area contributed by atoms with E-state index in [1.54, 1.807) is 7.11 Å². The predicted molar refractivity (Wildman–Crippen MR) is 72.8 cm³/mol. The molecule has 0 aliphatic heterocycles. The smallest absolute Gasteiger partial charge is 0.134 e. The van der Waals surface area contributed by atoms with Gasteiger partial charge in [-0.15, -0.1) is 11.3 Å². The number of hydrogen-bond donors (Lipinski definition) is 1. The standard InChI is InChI=1S/C14H16FNOS/c1-8-6-9(2)12(10(15)7-8)13(16)14-11(17-3)4-5-18-14/h4-7,13H,16H2,1-3H3. The first kappa shape index (κ1) is 13.1. The van der Waals surface area contributed by atoms with Gasteiger partial charge in [0.2, 0.25) is 0 Å². The van der Waals surface area contributed by atoms with Crippen LogP contribution in [-0.4, -0.2) is 7.11 Å². The second-order valence-corrected chi connectivity index (χ2v) is 5.26. The van der Waals surface area contributed by atoms with E-state index in [1.807, 2.05) is 31.4 Å². The minimum absolute atomic E-state index is 0.254. The molecule has 96 valence electrons. The van der Waals surface area contributed by atoms with Gasteiger partial charge in [0, 0.05) is 5.56 Å². The topological polar surface area (TPSA) is 35.2 Å². The van der Waals surface area contributed by atoms with Crippen LogP contribution < -0.4 is 10.5 Å². The Morgan fingerprint density at radius 1 is 1.33 bits per heavy atom. The molecule has 0 fully saturated rings. The molecule has 0 aliphatic carbocycles. The Balaban J connectivity index is 2.49. The molecule has 0 amide bonds. The molecule has 2 aromatic rings. The average Bonchev–Trinajstić information content (AvgIpc) is 2.75. The number of aryl methyl sites for hydroxylation is 2. The van der Waals surface area contributed by atoms with E-state index in [1.165, 1.54) is 17.4 Å². The molecule has 0 saturated carbocycles. The Labute approximate surface area is 110 Å². The molecular formula is C14H16FNOS. The van der Waals surface area contributed by atoms with Crippen molar-refractivity contribution in [3.05, 3.63) is 51.0 Å². The number of thiophene rings is 1. The maximum atomic E-state index is 14.1. The molecule has 1 heterocycles. The van der Waals surface area contributed by atoms with Crippen LogP contribution in [0.25, 0.3) is 0 Å². The van der Waals surface area contributed by atoms with Crippen LogP contribution in [-0.2, 0) is 0 Å². The third-order valence-corrected chi connectivity index (χ3v) is 3.93. The lowest BCUT2D eigenvalue weighted by molar-refractivity contribution is 0.410.